The lowest BCUT2D eigenvalue weighted by atomic mass is 10.1. The molecule has 0 rings (SSSR count). The lowest BCUT2D eigenvalue weighted by Crippen LogP contribution is -2.29. The van der Waals surface area contributed by atoms with Crippen LogP contribution in [0.15, 0.2) is 12.2 Å². The summed E-state index contributed by atoms with van der Waals surface area (Å²) < 4.78 is 32.5. The third-order valence-electron chi connectivity index (χ3n) is 8.17. The molecule has 1 unspecified atom stereocenters. The van der Waals surface area contributed by atoms with Crippen molar-refractivity contribution in [3.05, 3.63) is 12.2 Å². The minimum atomic E-state index is -4.61. The van der Waals surface area contributed by atoms with Gasteiger partial charge in [-0.25, -0.2) is 4.57 Å². The monoisotopic (exact) mass is 706 g/mol. The van der Waals surface area contributed by atoms with E-state index in [0.29, 0.717) is 12.8 Å². The summed E-state index contributed by atoms with van der Waals surface area (Å²) in [4.78, 5) is 34.7. The minimum absolute atomic E-state index is 0.185. The third-order valence-corrected chi connectivity index (χ3v) is 9.12. The molecule has 284 valence electrons. The van der Waals surface area contributed by atoms with E-state index in [1.165, 1.54) is 89.9 Å². The largest absolute Gasteiger partial charge is 0.472 e. The van der Waals surface area contributed by atoms with Crippen LogP contribution in [0.5, 0.6) is 0 Å². The van der Waals surface area contributed by atoms with Crippen LogP contribution in [-0.2, 0) is 32.7 Å². The summed E-state index contributed by atoms with van der Waals surface area (Å²) in [7, 11) is -4.61. The van der Waals surface area contributed by atoms with Gasteiger partial charge in [0.15, 0.2) is 6.10 Å². The van der Waals surface area contributed by atoms with Gasteiger partial charge in [-0.3, -0.25) is 18.6 Å². The van der Waals surface area contributed by atoms with Gasteiger partial charge >= 0.3 is 19.8 Å². The van der Waals surface area contributed by atoms with Gasteiger partial charge in [-0.1, -0.05) is 135 Å². The molecule has 0 aromatic heterocycles. The van der Waals surface area contributed by atoms with Crippen LogP contribution in [-0.4, -0.2) is 65.7 Å². The maximum Gasteiger partial charge on any atom is 0.472 e. The van der Waals surface area contributed by atoms with Crippen LogP contribution >= 0.6 is 7.82 Å². The molecule has 0 bridgehead atoms. The zero-order chi connectivity index (χ0) is 35.6. The van der Waals surface area contributed by atoms with Crippen LogP contribution in [0.25, 0.3) is 0 Å². The summed E-state index contributed by atoms with van der Waals surface area (Å²) in [5.74, 6) is -0.940. The van der Waals surface area contributed by atoms with Gasteiger partial charge in [0.2, 0.25) is 0 Å². The summed E-state index contributed by atoms with van der Waals surface area (Å²) in [5.41, 5.74) is 0. The lowest BCUT2D eigenvalue weighted by Gasteiger charge is -2.20. The van der Waals surface area contributed by atoms with E-state index >= 15 is 0 Å². The van der Waals surface area contributed by atoms with E-state index < -0.39 is 51.8 Å². The summed E-state index contributed by atoms with van der Waals surface area (Å²) in [6.07, 6.45) is 29.0. The van der Waals surface area contributed by atoms with Gasteiger partial charge in [0, 0.05) is 12.8 Å². The first kappa shape index (κ1) is 46.7. The van der Waals surface area contributed by atoms with Gasteiger partial charge < -0.3 is 24.6 Å². The van der Waals surface area contributed by atoms with Gasteiger partial charge in [-0.05, 0) is 38.5 Å². The predicted molar refractivity (Wildman–Crippen MR) is 192 cm³/mol. The number of carbonyl (C=O) groups excluding carboxylic acids is 2. The molecule has 0 amide bonds. The highest BCUT2D eigenvalue weighted by Gasteiger charge is 2.27. The summed E-state index contributed by atoms with van der Waals surface area (Å²) in [5, 5.41) is 18.2. The van der Waals surface area contributed by atoms with Crippen molar-refractivity contribution in [2.24, 2.45) is 0 Å². The molecule has 0 radical (unpaired) electrons. The van der Waals surface area contributed by atoms with Crippen LogP contribution in [0.3, 0.4) is 0 Å². The number of unbranched alkanes of at least 4 members (excludes halogenated alkanes) is 20. The van der Waals surface area contributed by atoms with Crippen molar-refractivity contribution in [3.63, 3.8) is 0 Å². The van der Waals surface area contributed by atoms with E-state index in [1.54, 1.807) is 0 Å². The number of hydrogen-bond acceptors (Lipinski definition) is 9. The Balaban J connectivity index is 4.35. The molecular weight excluding hydrogens is 635 g/mol. The number of phosphoric ester groups is 1. The Morgan fingerprint density at radius 1 is 0.604 bits per heavy atom. The van der Waals surface area contributed by atoms with Gasteiger partial charge in [-0.15, -0.1) is 0 Å². The van der Waals surface area contributed by atoms with Crippen LogP contribution in [0.2, 0.25) is 0 Å². The standard InChI is InChI=1S/C37H71O10P/c1-3-5-7-9-11-13-15-16-17-18-19-21-22-24-26-28-36(40)44-32-35(33-46-48(42,43)45-31-34(39)30-38)47-37(41)29-27-25-23-20-14-12-10-8-6-4-2/h18-19,34-35,38-39H,3-17,20-33H2,1-2H3,(H,42,43)/b19-18+/t34-,35+/m1/s1. The fourth-order valence-electron chi connectivity index (χ4n) is 5.16. The maximum atomic E-state index is 12.5. The average molecular weight is 707 g/mol. The zero-order valence-electron chi connectivity index (χ0n) is 30.5. The van der Waals surface area contributed by atoms with Crippen LogP contribution < -0.4 is 0 Å². The SMILES string of the molecule is CCCCCCCCCC/C=C/CCCCCC(=O)OC[C@@H](COP(=O)(O)OC[C@H](O)CO)OC(=O)CCCCCCCCCCCC. The first-order valence-electron chi connectivity index (χ1n) is 19.1. The van der Waals surface area contributed by atoms with Gasteiger partial charge in [0.25, 0.3) is 0 Å². The van der Waals surface area contributed by atoms with Crippen molar-refractivity contribution >= 4 is 19.8 Å². The fourth-order valence-corrected chi connectivity index (χ4v) is 5.95. The smallest absolute Gasteiger partial charge is 0.462 e. The number of phosphoric acid groups is 1. The number of hydrogen-bond donors (Lipinski definition) is 3. The summed E-state index contributed by atoms with van der Waals surface area (Å²) in [6.45, 7) is 2.34. The van der Waals surface area contributed by atoms with E-state index in [1.807, 2.05) is 0 Å². The molecular formula is C37H71O10P. The van der Waals surface area contributed by atoms with Crippen molar-refractivity contribution < 1.29 is 47.8 Å². The molecule has 3 atom stereocenters. The molecule has 11 heteroatoms. The lowest BCUT2D eigenvalue weighted by molar-refractivity contribution is -0.161. The molecule has 48 heavy (non-hydrogen) atoms. The number of aliphatic hydroxyl groups is 2. The van der Waals surface area contributed by atoms with Crippen molar-refractivity contribution in [1.82, 2.24) is 0 Å². The second-order valence-corrected chi connectivity index (χ2v) is 14.4. The second kappa shape index (κ2) is 34.2. The van der Waals surface area contributed by atoms with E-state index in [0.717, 1.165) is 44.9 Å². The maximum absolute atomic E-state index is 12.5. The number of ether oxygens (including phenoxy) is 2. The zero-order valence-corrected chi connectivity index (χ0v) is 31.4. The number of rotatable bonds is 36. The quantitative estimate of drug-likeness (QED) is 0.0249. The molecule has 0 heterocycles. The highest BCUT2D eigenvalue weighted by Crippen LogP contribution is 2.43. The van der Waals surface area contributed by atoms with E-state index in [4.69, 9.17) is 19.1 Å². The van der Waals surface area contributed by atoms with E-state index in [-0.39, 0.29) is 19.4 Å². The Hall–Kier alpha value is -1.29. The molecule has 3 N–H and O–H groups in total. The molecule has 0 fully saturated rings. The van der Waals surface area contributed by atoms with Crippen LogP contribution in [0, 0.1) is 0 Å². The topological polar surface area (TPSA) is 149 Å². The number of esters is 2. The molecule has 0 aromatic rings. The Labute approximate surface area is 292 Å². The van der Waals surface area contributed by atoms with Crippen molar-refractivity contribution in [1.29, 1.82) is 0 Å². The van der Waals surface area contributed by atoms with Crippen molar-refractivity contribution in [2.45, 2.75) is 187 Å². The predicted octanol–water partition coefficient (Wildman–Crippen LogP) is 9.28. The first-order chi connectivity index (χ1) is 23.2. The molecule has 0 spiro atoms. The number of aliphatic hydroxyl groups excluding tert-OH is 2. The summed E-state index contributed by atoms with van der Waals surface area (Å²) in [6, 6.07) is 0. The molecule has 0 saturated heterocycles. The number of carbonyl (C=O) groups is 2. The fraction of sp³-hybridized carbons (Fsp3) is 0.892. The first-order valence-corrected chi connectivity index (χ1v) is 20.6. The molecule has 10 nitrogen and oxygen atoms in total. The van der Waals surface area contributed by atoms with Gasteiger partial charge in [-0.2, -0.15) is 0 Å². The Morgan fingerprint density at radius 3 is 1.52 bits per heavy atom. The van der Waals surface area contributed by atoms with Crippen molar-refractivity contribution in [3.8, 4) is 0 Å². The van der Waals surface area contributed by atoms with E-state index in [2.05, 4.69) is 30.5 Å². The highest BCUT2D eigenvalue weighted by atomic mass is 31.2. The Morgan fingerprint density at radius 2 is 1.02 bits per heavy atom. The van der Waals surface area contributed by atoms with E-state index in [9.17, 15) is 24.2 Å². The van der Waals surface area contributed by atoms with Gasteiger partial charge in [0.1, 0.15) is 12.7 Å². The number of allylic oxidation sites excluding steroid dienone is 2. The Bertz CT molecular complexity index is 822. The molecule has 0 aromatic carbocycles. The van der Waals surface area contributed by atoms with Crippen LogP contribution in [0.1, 0.15) is 174 Å². The normalized spacial score (nSPS) is 14.2. The molecule has 0 aliphatic heterocycles. The van der Waals surface area contributed by atoms with Crippen LogP contribution in [0.4, 0.5) is 0 Å². The minimum Gasteiger partial charge on any atom is -0.462 e. The molecule has 0 aliphatic carbocycles. The van der Waals surface area contributed by atoms with Gasteiger partial charge in [0.05, 0.1) is 19.8 Å². The summed E-state index contributed by atoms with van der Waals surface area (Å²) >= 11 is 0. The molecule has 0 saturated carbocycles. The third kappa shape index (κ3) is 33.2. The molecule has 0 aliphatic rings. The Kier molecular flexibility index (Phi) is 33.3. The average Bonchev–Trinajstić information content (AvgIpc) is 3.07. The van der Waals surface area contributed by atoms with Crippen molar-refractivity contribution in [2.75, 3.05) is 26.4 Å². The highest BCUT2D eigenvalue weighted by molar-refractivity contribution is 7.47. The second-order valence-electron chi connectivity index (χ2n) is 13.0.